The fraction of sp³-hybridized carbons (Fsp3) is 0.500. The summed E-state index contributed by atoms with van der Waals surface area (Å²) in [5.74, 6) is 0.817. The number of imidazole rings is 1. The van der Waals surface area contributed by atoms with Crippen LogP contribution in [0.2, 0.25) is 0 Å². The lowest BCUT2D eigenvalue weighted by atomic mass is 10.2. The van der Waals surface area contributed by atoms with Crippen LogP contribution in [0.5, 0.6) is 0 Å². The average molecular weight is 275 g/mol. The van der Waals surface area contributed by atoms with Gasteiger partial charge in [0.2, 0.25) is 5.91 Å². The minimum atomic E-state index is -0.265. The molecule has 0 saturated carbocycles. The summed E-state index contributed by atoms with van der Waals surface area (Å²) in [6.45, 7) is 9.16. The molecule has 0 saturated heterocycles. The first kappa shape index (κ1) is 14.3. The van der Waals surface area contributed by atoms with Gasteiger partial charge in [-0.05, 0) is 27.7 Å². The highest BCUT2D eigenvalue weighted by atomic mass is 16.2. The molecule has 1 atom stereocenters. The predicted octanol–water partition coefficient (Wildman–Crippen LogP) is 1.59. The van der Waals surface area contributed by atoms with Crippen LogP contribution in [-0.4, -0.2) is 25.2 Å². The van der Waals surface area contributed by atoms with Crippen molar-refractivity contribution in [3.8, 4) is 0 Å². The van der Waals surface area contributed by atoms with Crippen molar-refractivity contribution in [3.05, 3.63) is 35.7 Å². The predicted molar refractivity (Wildman–Crippen MR) is 76.2 cm³/mol. The number of nitrogens with zero attached hydrogens (tertiary/aromatic N) is 4. The van der Waals surface area contributed by atoms with Crippen molar-refractivity contribution < 1.29 is 4.79 Å². The Morgan fingerprint density at radius 1 is 1.45 bits per heavy atom. The molecule has 0 unspecified atom stereocenters. The highest BCUT2D eigenvalue weighted by molar-refractivity contribution is 5.79. The number of aromatic nitrogens is 4. The summed E-state index contributed by atoms with van der Waals surface area (Å²) in [4.78, 5) is 16.3. The lowest BCUT2D eigenvalue weighted by Gasteiger charge is -2.15. The Morgan fingerprint density at radius 3 is 2.75 bits per heavy atom. The van der Waals surface area contributed by atoms with Crippen molar-refractivity contribution >= 4 is 5.91 Å². The fourth-order valence-corrected chi connectivity index (χ4v) is 2.23. The molecule has 6 heteroatoms. The van der Waals surface area contributed by atoms with Crippen LogP contribution in [0.3, 0.4) is 0 Å². The molecule has 6 nitrogen and oxygen atoms in total. The number of hydrogen-bond acceptors (Lipinski definition) is 3. The molecule has 108 valence electrons. The molecule has 20 heavy (non-hydrogen) atoms. The van der Waals surface area contributed by atoms with E-state index in [1.807, 2.05) is 49.3 Å². The maximum absolute atomic E-state index is 12.2. The lowest BCUT2D eigenvalue weighted by Crippen LogP contribution is -2.31. The van der Waals surface area contributed by atoms with Gasteiger partial charge in [0.25, 0.3) is 0 Å². The number of carbonyl (C=O) groups excluding carboxylic acids is 1. The largest absolute Gasteiger partial charge is 0.350 e. The van der Waals surface area contributed by atoms with Crippen LogP contribution in [0.25, 0.3) is 0 Å². The molecule has 2 heterocycles. The quantitative estimate of drug-likeness (QED) is 0.901. The molecule has 0 aliphatic rings. The van der Waals surface area contributed by atoms with Gasteiger partial charge in [-0.15, -0.1) is 0 Å². The SMILES string of the molecule is CCn1ncc(CNC(=O)[C@H](C)n2ccnc2C)c1C. The van der Waals surface area contributed by atoms with Gasteiger partial charge in [0.05, 0.1) is 6.20 Å². The van der Waals surface area contributed by atoms with Crippen molar-refractivity contribution in [1.82, 2.24) is 24.6 Å². The van der Waals surface area contributed by atoms with Gasteiger partial charge >= 0.3 is 0 Å². The second kappa shape index (κ2) is 5.90. The van der Waals surface area contributed by atoms with E-state index in [1.54, 1.807) is 6.20 Å². The van der Waals surface area contributed by atoms with Crippen LogP contribution < -0.4 is 5.32 Å². The van der Waals surface area contributed by atoms with Gasteiger partial charge in [0.15, 0.2) is 0 Å². The molecular weight excluding hydrogens is 254 g/mol. The Morgan fingerprint density at radius 2 is 2.20 bits per heavy atom. The molecule has 0 radical (unpaired) electrons. The number of amides is 1. The molecule has 0 spiro atoms. The van der Waals surface area contributed by atoms with Crippen molar-refractivity contribution in [2.45, 2.75) is 46.8 Å². The first-order valence-corrected chi connectivity index (χ1v) is 6.83. The van der Waals surface area contributed by atoms with E-state index in [4.69, 9.17) is 0 Å². The summed E-state index contributed by atoms with van der Waals surface area (Å²) >= 11 is 0. The van der Waals surface area contributed by atoms with Gasteiger partial charge in [-0.2, -0.15) is 5.10 Å². The van der Waals surface area contributed by atoms with Crippen LogP contribution in [0, 0.1) is 13.8 Å². The molecule has 0 bridgehead atoms. The van der Waals surface area contributed by atoms with E-state index in [2.05, 4.69) is 15.4 Å². The third-order valence-electron chi connectivity index (χ3n) is 3.62. The van der Waals surface area contributed by atoms with Crippen LogP contribution in [0.15, 0.2) is 18.6 Å². The molecule has 0 aromatic carbocycles. The molecule has 0 aliphatic carbocycles. The molecule has 2 rings (SSSR count). The van der Waals surface area contributed by atoms with Gasteiger partial charge < -0.3 is 9.88 Å². The molecule has 0 fully saturated rings. The van der Waals surface area contributed by atoms with E-state index in [1.165, 1.54) is 0 Å². The van der Waals surface area contributed by atoms with Gasteiger partial charge in [0.1, 0.15) is 11.9 Å². The highest BCUT2D eigenvalue weighted by Crippen LogP contribution is 2.10. The Labute approximate surface area is 118 Å². The number of aryl methyl sites for hydroxylation is 2. The first-order valence-electron chi connectivity index (χ1n) is 6.83. The first-order chi connectivity index (χ1) is 9.54. The van der Waals surface area contributed by atoms with E-state index >= 15 is 0 Å². The molecule has 1 amide bonds. The lowest BCUT2D eigenvalue weighted by molar-refractivity contribution is -0.124. The van der Waals surface area contributed by atoms with Gasteiger partial charge in [0, 0.05) is 36.7 Å². The normalized spacial score (nSPS) is 12.4. The minimum absolute atomic E-state index is 0.0188. The molecular formula is C14H21N5O. The number of hydrogen-bond donors (Lipinski definition) is 1. The number of carbonyl (C=O) groups is 1. The van der Waals surface area contributed by atoms with E-state index < -0.39 is 0 Å². The van der Waals surface area contributed by atoms with E-state index in [0.29, 0.717) is 6.54 Å². The summed E-state index contributed by atoms with van der Waals surface area (Å²) in [6.07, 6.45) is 5.33. The Kier molecular flexibility index (Phi) is 4.22. The van der Waals surface area contributed by atoms with Crippen LogP contribution in [0.4, 0.5) is 0 Å². The summed E-state index contributed by atoms with van der Waals surface area (Å²) in [5.41, 5.74) is 2.15. The zero-order valence-electron chi connectivity index (χ0n) is 12.4. The topological polar surface area (TPSA) is 64.7 Å². The van der Waals surface area contributed by atoms with Gasteiger partial charge in [-0.1, -0.05) is 0 Å². The standard InChI is InChI=1S/C14H21N5O/c1-5-19-10(2)13(9-17-19)8-16-14(20)11(3)18-7-6-15-12(18)4/h6-7,9,11H,5,8H2,1-4H3,(H,16,20)/t11-/m0/s1. The summed E-state index contributed by atoms with van der Waals surface area (Å²) in [6, 6.07) is -0.265. The maximum Gasteiger partial charge on any atom is 0.243 e. The monoisotopic (exact) mass is 275 g/mol. The third kappa shape index (κ3) is 2.74. The van der Waals surface area contributed by atoms with Crippen LogP contribution in [-0.2, 0) is 17.9 Å². The molecule has 2 aromatic rings. The summed E-state index contributed by atoms with van der Waals surface area (Å²) in [7, 11) is 0. The molecule has 0 aliphatic heterocycles. The van der Waals surface area contributed by atoms with Crippen molar-refractivity contribution in [3.63, 3.8) is 0 Å². The van der Waals surface area contributed by atoms with E-state index in [9.17, 15) is 4.79 Å². The zero-order chi connectivity index (χ0) is 14.7. The summed E-state index contributed by atoms with van der Waals surface area (Å²) < 4.78 is 3.78. The van der Waals surface area contributed by atoms with Crippen molar-refractivity contribution in [1.29, 1.82) is 0 Å². The summed E-state index contributed by atoms with van der Waals surface area (Å²) in [5, 5.41) is 7.22. The smallest absolute Gasteiger partial charge is 0.243 e. The second-order valence-electron chi connectivity index (χ2n) is 4.85. The fourth-order valence-electron chi connectivity index (χ4n) is 2.23. The number of nitrogens with one attached hydrogen (secondary N) is 1. The minimum Gasteiger partial charge on any atom is -0.350 e. The Balaban J connectivity index is 1.98. The second-order valence-corrected chi connectivity index (χ2v) is 4.85. The Bertz CT molecular complexity index is 598. The maximum atomic E-state index is 12.2. The van der Waals surface area contributed by atoms with Crippen LogP contribution in [0.1, 0.15) is 37.0 Å². The van der Waals surface area contributed by atoms with Gasteiger partial charge in [-0.3, -0.25) is 9.48 Å². The van der Waals surface area contributed by atoms with Crippen LogP contribution >= 0.6 is 0 Å². The zero-order valence-corrected chi connectivity index (χ0v) is 12.4. The number of rotatable bonds is 5. The highest BCUT2D eigenvalue weighted by Gasteiger charge is 2.16. The molecule has 1 N–H and O–H groups in total. The van der Waals surface area contributed by atoms with E-state index in [-0.39, 0.29) is 11.9 Å². The van der Waals surface area contributed by atoms with E-state index in [0.717, 1.165) is 23.6 Å². The Hall–Kier alpha value is -2.11. The average Bonchev–Trinajstić information content (AvgIpc) is 3.01. The van der Waals surface area contributed by atoms with Crippen molar-refractivity contribution in [2.24, 2.45) is 0 Å². The van der Waals surface area contributed by atoms with Crippen molar-refractivity contribution in [2.75, 3.05) is 0 Å². The molecule has 2 aromatic heterocycles. The van der Waals surface area contributed by atoms with Gasteiger partial charge in [-0.25, -0.2) is 4.98 Å². The third-order valence-corrected chi connectivity index (χ3v) is 3.62.